The number of carbonyl (C=O) groups is 3. The molecule has 3 aromatic carbocycles. The molecule has 1 aliphatic rings. The smallest absolute Gasteiger partial charge is 0.432 e. The topological polar surface area (TPSA) is 120 Å². The summed E-state index contributed by atoms with van der Waals surface area (Å²) in [4.78, 5) is 36.8. The van der Waals surface area contributed by atoms with Gasteiger partial charge >= 0.3 is 18.2 Å². The number of methoxy groups -OCH3 is 1. The average Bonchev–Trinajstić information content (AvgIpc) is 3.43. The first-order valence-electron chi connectivity index (χ1n) is 11.4. The van der Waals surface area contributed by atoms with Crippen LogP contribution in [-0.4, -0.2) is 52.8 Å². The summed E-state index contributed by atoms with van der Waals surface area (Å²) in [6.07, 6.45) is -2.11. The zero-order valence-corrected chi connectivity index (χ0v) is 19.4. The maximum atomic E-state index is 12.8. The van der Waals surface area contributed by atoms with Gasteiger partial charge in [0, 0.05) is 17.7 Å². The number of hydrogen-bond donors (Lipinski definition) is 2. The van der Waals surface area contributed by atoms with Crippen molar-refractivity contribution in [1.82, 2.24) is 15.1 Å². The van der Waals surface area contributed by atoms with Crippen LogP contribution in [0.25, 0.3) is 22.0 Å². The van der Waals surface area contributed by atoms with Crippen molar-refractivity contribution in [3.05, 3.63) is 89.6 Å². The summed E-state index contributed by atoms with van der Waals surface area (Å²) in [7, 11) is 1.21. The Hall–Kier alpha value is -4.66. The number of rotatable bonds is 6. The van der Waals surface area contributed by atoms with E-state index < -0.39 is 24.2 Å². The van der Waals surface area contributed by atoms with E-state index in [1.807, 2.05) is 48.5 Å². The number of hydrogen-bond acceptors (Lipinski definition) is 6. The minimum absolute atomic E-state index is 0.0718. The summed E-state index contributed by atoms with van der Waals surface area (Å²) in [5.74, 6) is -0.826. The monoisotopic (exact) mass is 485 g/mol. The van der Waals surface area contributed by atoms with Crippen molar-refractivity contribution in [3.63, 3.8) is 0 Å². The van der Waals surface area contributed by atoms with Crippen LogP contribution in [-0.2, 0) is 20.7 Å². The van der Waals surface area contributed by atoms with Gasteiger partial charge < -0.3 is 19.9 Å². The number of para-hydroxylation sites is 1. The molecule has 1 aliphatic carbocycles. The number of aromatic nitrogens is 2. The normalized spacial score (nSPS) is 13.0. The van der Waals surface area contributed by atoms with Gasteiger partial charge in [-0.2, -0.15) is 9.78 Å². The van der Waals surface area contributed by atoms with Crippen molar-refractivity contribution in [2.45, 2.75) is 18.4 Å². The van der Waals surface area contributed by atoms with Crippen molar-refractivity contribution in [2.75, 3.05) is 13.7 Å². The number of nitrogens with one attached hydrogen (secondary N) is 1. The van der Waals surface area contributed by atoms with Crippen molar-refractivity contribution in [2.24, 2.45) is 0 Å². The summed E-state index contributed by atoms with van der Waals surface area (Å²) >= 11 is 0. The molecule has 5 rings (SSSR count). The van der Waals surface area contributed by atoms with Crippen LogP contribution in [0.5, 0.6) is 0 Å². The molecule has 0 saturated carbocycles. The lowest BCUT2D eigenvalue weighted by Crippen LogP contribution is -2.43. The Kier molecular flexibility index (Phi) is 6.12. The molecule has 1 heterocycles. The molecule has 0 fully saturated rings. The van der Waals surface area contributed by atoms with E-state index in [9.17, 15) is 19.5 Å². The molecule has 182 valence electrons. The van der Waals surface area contributed by atoms with Crippen LogP contribution in [0.2, 0.25) is 0 Å². The van der Waals surface area contributed by atoms with Gasteiger partial charge in [0.15, 0.2) is 0 Å². The minimum atomic E-state index is -1.25. The number of carboxylic acid groups (broad SMARTS) is 1. The average molecular weight is 485 g/mol. The number of ether oxygens (including phenoxy) is 2. The SMILES string of the molecule is COC(=O)[C@H](Cc1nn(C(=O)O)c2ccccc12)NC(=O)OCC1c2ccccc2-c2ccccc21. The largest absolute Gasteiger partial charge is 0.467 e. The van der Waals surface area contributed by atoms with Crippen LogP contribution in [0.3, 0.4) is 0 Å². The molecule has 0 unspecified atom stereocenters. The lowest BCUT2D eigenvalue weighted by Gasteiger charge is -2.18. The molecular formula is C27H23N3O6. The van der Waals surface area contributed by atoms with E-state index >= 15 is 0 Å². The molecule has 1 aromatic heterocycles. The van der Waals surface area contributed by atoms with Gasteiger partial charge in [-0.1, -0.05) is 66.7 Å². The number of carbonyl (C=O) groups excluding carboxylic acids is 2. The minimum Gasteiger partial charge on any atom is -0.467 e. The number of esters is 1. The predicted octanol–water partition coefficient (Wildman–Crippen LogP) is 4.19. The molecule has 0 radical (unpaired) electrons. The Morgan fingerprint density at radius 1 is 0.972 bits per heavy atom. The van der Waals surface area contributed by atoms with E-state index in [0.717, 1.165) is 26.9 Å². The summed E-state index contributed by atoms with van der Waals surface area (Å²) in [5, 5.41) is 16.7. The molecular weight excluding hydrogens is 462 g/mol. The Morgan fingerprint density at radius 3 is 2.22 bits per heavy atom. The highest BCUT2D eigenvalue weighted by atomic mass is 16.6. The molecule has 0 aliphatic heterocycles. The molecule has 36 heavy (non-hydrogen) atoms. The van der Waals surface area contributed by atoms with Crippen molar-refractivity contribution < 1.29 is 29.0 Å². The standard InChI is InChI=1S/C27H23N3O6/c1-35-25(31)23(14-22-20-12-6-7-13-24(20)30(29-22)27(33)34)28-26(32)36-15-21-18-10-4-2-8-16(18)17-9-3-5-11-19(17)21/h2-13,21,23H,14-15H2,1H3,(H,28,32)(H,33,34)/t23-/m0/s1. The van der Waals surface area contributed by atoms with Gasteiger partial charge in [-0.05, 0) is 28.3 Å². The zero-order valence-electron chi connectivity index (χ0n) is 19.4. The van der Waals surface area contributed by atoms with E-state index in [2.05, 4.69) is 10.4 Å². The number of fused-ring (bicyclic) bond motifs is 4. The van der Waals surface area contributed by atoms with Gasteiger partial charge in [0.2, 0.25) is 0 Å². The highest BCUT2D eigenvalue weighted by Gasteiger charge is 2.30. The van der Waals surface area contributed by atoms with Crippen LogP contribution >= 0.6 is 0 Å². The van der Waals surface area contributed by atoms with Gasteiger partial charge in [-0.3, -0.25) is 0 Å². The maximum Gasteiger partial charge on any atom is 0.432 e. The van der Waals surface area contributed by atoms with E-state index in [1.54, 1.807) is 24.3 Å². The first-order chi connectivity index (χ1) is 17.5. The molecule has 0 bridgehead atoms. The van der Waals surface area contributed by atoms with Crippen molar-refractivity contribution in [1.29, 1.82) is 0 Å². The quantitative estimate of drug-likeness (QED) is 0.393. The molecule has 0 spiro atoms. The molecule has 0 saturated heterocycles. The third-order valence-electron chi connectivity index (χ3n) is 6.36. The van der Waals surface area contributed by atoms with E-state index in [-0.39, 0.29) is 18.9 Å². The Morgan fingerprint density at radius 2 is 1.58 bits per heavy atom. The molecule has 1 amide bonds. The van der Waals surface area contributed by atoms with Gasteiger partial charge in [0.1, 0.15) is 12.6 Å². The van der Waals surface area contributed by atoms with Crippen molar-refractivity contribution >= 4 is 29.1 Å². The molecule has 9 heteroatoms. The maximum absolute atomic E-state index is 12.8. The Balaban J connectivity index is 1.33. The first-order valence-corrected chi connectivity index (χ1v) is 11.4. The van der Waals surface area contributed by atoms with Gasteiger partial charge in [-0.25, -0.2) is 14.4 Å². The Labute approximate surface area is 206 Å². The third kappa shape index (κ3) is 4.15. The second-order valence-corrected chi connectivity index (χ2v) is 8.41. The number of amides is 1. The number of nitrogens with zero attached hydrogens (tertiary/aromatic N) is 2. The predicted molar refractivity (Wildman–Crippen MR) is 131 cm³/mol. The van der Waals surface area contributed by atoms with E-state index in [0.29, 0.717) is 16.6 Å². The summed E-state index contributed by atoms with van der Waals surface area (Å²) in [6, 6.07) is 21.6. The number of benzene rings is 3. The fourth-order valence-electron chi connectivity index (χ4n) is 4.74. The highest BCUT2D eigenvalue weighted by molar-refractivity contribution is 5.90. The highest BCUT2D eigenvalue weighted by Crippen LogP contribution is 2.44. The second-order valence-electron chi connectivity index (χ2n) is 8.41. The lowest BCUT2D eigenvalue weighted by atomic mass is 9.98. The Bertz CT molecular complexity index is 1430. The molecule has 9 nitrogen and oxygen atoms in total. The summed E-state index contributed by atoms with van der Waals surface area (Å²) < 4.78 is 11.3. The summed E-state index contributed by atoms with van der Waals surface area (Å²) in [6.45, 7) is 0.0876. The fourth-order valence-corrected chi connectivity index (χ4v) is 4.74. The molecule has 1 atom stereocenters. The molecule has 2 N–H and O–H groups in total. The van der Waals surface area contributed by atoms with Crippen LogP contribution in [0.15, 0.2) is 72.8 Å². The second kappa shape index (κ2) is 9.53. The number of alkyl carbamates (subject to hydrolysis) is 1. The van der Waals surface area contributed by atoms with E-state index in [1.165, 1.54) is 7.11 Å². The summed E-state index contributed by atoms with van der Waals surface area (Å²) in [5.41, 5.74) is 5.07. The molecule has 4 aromatic rings. The third-order valence-corrected chi connectivity index (χ3v) is 6.36. The first kappa shape index (κ1) is 23.1. The van der Waals surface area contributed by atoms with E-state index in [4.69, 9.17) is 9.47 Å². The van der Waals surface area contributed by atoms with Gasteiger partial charge in [0.25, 0.3) is 0 Å². The van der Waals surface area contributed by atoms with Gasteiger partial charge in [0.05, 0.1) is 18.3 Å². The van der Waals surface area contributed by atoms with Crippen LogP contribution in [0.1, 0.15) is 22.7 Å². The zero-order chi connectivity index (χ0) is 25.2. The van der Waals surface area contributed by atoms with Gasteiger partial charge in [-0.15, -0.1) is 0 Å². The van der Waals surface area contributed by atoms with Crippen LogP contribution in [0.4, 0.5) is 9.59 Å². The van der Waals surface area contributed by atoms with Crippen LogP contribution in [0, 0.1) is 0 Å². The fraction of sp³-hybridized carbons (Fsp3) is 0.185. The van der Waals surface area contributed by atoms with Crippen molar-refractivity contribution in [3.8, 4) is 11.1 Å². The lowest BCUT2D eigenvalue weighted by molar-refractivity contribution is -0.143. The van der Waals surface area contributed by atoms with Crippen LogP contribution < -0.4 is 5.32 Å².